The first-order chi connectivity index (χ1) is 9.29. The van der Waals surface area contributed by atoms with Gasteiger partial charge >= 0.3 is 0 Å². The van der Waals surface area contributed by atoms with Crippen molar-refractivity contribution in [2.75, 3.05) is 26.2 Å². The average Bonchev–Trinajstić information content (AvgIpc) is 3.04. The Morgan fingerprint density at radius 2 is 2.00 bits per heavy atom. The molecule has 0 saturated carbocycles. The second kappa shape index (κ2) is 4.51. The number of aromatic amines is 1. The van der Waals surface area contributed by atoms with Gasteiger partial charge in [-0.3, -0.25) is 4.90 Å². The molecule has 4 heteroatoms. The van der Waals surface area contributed by atoms with Crippen LogP contribution in [-0.4, -0.2) is 36.1 Å². The molecule has 2 aromatic rings. The molecule has 0 unspecified atom stereocenters. The van der Waals surface area contributed by atoms with Crippen molar-refractivity contribution in [2.24, 2.45) is 11.8 Å². The van der Waals surface area contributed by atoms with Gasteiger partial charge in [-0.15, -0.1) is 0 Å². The Morgan fingerprint density at radius 3 is 2.79 bits per heavy atom. The normalized spacial score (nSPS) is 27.2. The molecule has 2 fully saturated rings. The van der Waals surface area contributed by atoms with Crippen molar-refractivity contribution >= 4 is 22.5 Å². The first-order valence-corrected chi connectivity index (χ1v) is 7.36. The lowest BCUT2D eigenvalue weighted by atomic mass is 10.0. The summed E-state index contributed by atoms with van der Waals surface area (Å²) < 4.78 is 0. The number of fused-ring (bicyclic) bond motifs is 2. The van der Waals surface area contributed by atoms with Gasteiger partial charge in [0.05, 0.1) is 0 Å². The number of hydrogen-bond donors (Lipinski definition) is 2. The van der Waals surface area contributed by atoms with Crippen LogP contribution in [0, 0.1) is 11.8 Å². The highest BCUT2D eigenvalue weighted by Crippen LogP contribution is 2.29. The van der Waals surface area contributed by atoms with Crippen LogP contribution in [0.3, 0.4) is 0 Å². The van der Waals surface area contributed by atoms with Crippen molar-refractivity contribution in [3.05, 3.63) is 35.0 Å². The third kappa shape index (κ3) is 2.06. The summed E-state index contributed by atoms with van der Waals surface area (Å²) in [6.07, 6.45) is 2.13. The molecule has 0 aliphatic carbocycles. The molecule has 2 atom stereocenters. The van der Waals surface area contributed by atoms with Gasteiger partial charge in [-0.1, -0.05) is 17.7 Å². The standard InChI is InChI=1S/C15H18ClN3/c16-13-1-2-14-12(6-18-15(14)3-13)9-19-7-10-4-17-5-11(10)8-19/h1-3,6,10-11,17-18H,4-5,7-9H2/t10-,11+. The highest BCUT2D eigenvalue weighted by Gasteiger charge is 2.35. The summed E-state index contributed by atoms with van der Waals surface area (Å²) >= 11 is 6.03. The smallest absolute Gasteiger partial charge is 0.0472 e. The Labute approximate surface area is 117 Å². The molecule has 0 spiro atoms. The Morgan fingerprint density at radius 1 is 1.21 bits per heavy atom. The lowest BCUT2D eigenvalue weighted by Crippen LogP contribution is -2.25. The van der Waals surface area contributed by atoms with Crippen LogP contribution in [-0.2, 0) is 6.54 Å². The van der Waals surface area contributed by atoms with Crippen molar-refractivity contribution in [1.82, 2.24) is 15.2 Å². The summed E-state index contributed by atoms with van der Waals surface area (Å²) in [7, 11) is 0. The monoisotopic (exact) mass is 275 g/mol. The number of nitrogens with zero attached hydrogens (tertiary/aromatic N) is 1. The molecule has 100 valence electrons. The van der Waals surface area contributed by atoms with E-state index in [-0.39, 0.29) is 0 Å². The van der Waals surface area contributed by atoms with E-state index in [1.807, 2.05) is 12.1 Å². The van der Waals surface area contributed by atoms with E-state index in [0.29, 0.717) is 0 Å². The molecule has 1 aromatic heterocycles. The van der Waals surface area contributed by atoms with Crippen LogP contribution in [0.25, 0.3) is 10.9 Å². The Kier molecular flexibility index (Phi) is 2.79. The van der Waals surface area contributed by atoms with Crippen LogP contribution >= 0.6 is 11.6 Å². The highest BCUT2D eigenvalue weighted by molar-refractivity contribution is 6.31. The zero-order valence-corrected chi connectivity index (χ0v) is 11.6. The van der Waals surface area contributed by atoms with Gasteiger partial charge in [0.15, 0.2) is 0 Å². The fraction of sp³-hybridized carbons (Fsp3) is 0.467. The lowest BCUT2D eigenvalue weighted by molar-refractivity contribution is 0.307. The summed E-state index contributed by atoms with van der Waals surface area (Å²) in [5, 5.41) is 5.59. The van der Waals surface area contributed by atoms with E-state index in [2.05, 4.69) is 27.5 Å². The SMILES string of the molecule is Clc1ccc2c(CN3C[C@H]4CNC[C@H]4C3)c[nH]c2c1. The first-order valence-electron chi connectivity index (χ1n) is 6.98. The highest BCUT2D eigenvalue weighted by atomic mass is 35.5. The molecular weight excluding hydrogens is 258 g/mol. The minimum absolute atomic E-state index is 0.794. The summed E-state index contributed by atoms with van der Waals surface area (Å²) in [5.74, 6) is 1.72. The van der Waals surface area contributed by atoms with Crippen LogP contribution in [0.1, 0.15) is 5.56 Å². The molecule has 1 aromatic carbocycles. The molecule has 2 aliphatic rings. The molecule has 0 bridgehead atoms. The predicted molar refractivity (Wildman–Crippen MR) is 78.4 cm³/mol. The molecular formula is C15H18ClN3. The second-order valence-electron chi connectivity index (χ2n) is 5.88. The lowest BCUT2D eigenvalue weighted by Gasteiger charge is -2.16. The van der Waals surface area contributed by atoms with E-state index in [1.54, 1.807) is 0 Å². The number of benzene rings is 1. The second-order valence-corrected chi connectivity index (χ2v) is 6.31. The van der Waals surface area contributed by atoms with Gasteiger partial charge in [-0.05, 0) is 42.6 Å². The summed E-state index contributed by atoms with van der Waals surface area (Å²) in [4.78, 5) is 5.92. The van der Waals surface area contributed by atoms with Crippen molar-refractivity contribution in [3.63, 3.8) is 0 Å². The third-order valence-corrected chi connectivity index (χ3v) is 4.82. The first kappa shape index (κ1) is 11.8. The van der Waals surface area contributed by atoms with Gasteiger partial charge in [-0.2, -0.15) is 0 Å². The molecule has 3 nitrogen and oxygen atoms in total. The summed E-state index contributed by atoms with van der Waals surface area (Å²) in [5.41, 5.74) is 2.53. The maximum absolute atomic E-state index is 6.03. The van der Waals surface area contributed by atoms with E-state index >= 15 is 0 Å². The van der Waals surface area contributed by atoms with Crippen LogP contribution in [0.2, 0.25) is 5.02 Å². The largest absolute Gasteiger partial charge is 0.361 e. The van der Waals surface area contributed by atoms with E-state index in [1.165, 1.54) is 37.1 Å². The fourth-order valence-electron chi connectivity index (χ4n) is 3.61. The molecule has 3 heterocycles. The van der Waals surface area contributed by atoms with Crippen LogP contribution < -0.4 is 5.32 Å². The zero-order valence-electron chi connectivity index (χ0n) is 10.8. The van der Waals surface area contributed by atoms with Crippen LogP contribution in [0.15, 0.2) is 24.4 Å². The number of hydrogen-bond acceptors (Lipinski definition) is 2. The molecule has 19 heavy (non-hydrogen) atoms. The molecule has 0 radical (unpaired) electrons. The van der Waals surface area contributed by atoms with E-state index in [9.17, 15) is 0 Å². The van der Waals surface area contributed by atoms with Crippen molar-refractivity contribution in [3.8, 4) is 0 Å². The number of aromatic nitrogens is 1. The number of halogens is 1. The van der Waals surface area contributed by atoms with Gasteiger partial charge in [0.1, 0.15) is 0 Å². The molecule has 2 saturated heterocycles. The molecule has 0 amide bonds. The third-order valence-electron chi connectivity index (χ3n) is 4.59. The minimum Gasteiger partial charge on any atom is -0.361 e. The van der Waals surface area contributed by atoms with E-state index in [0.717, 1.165) is 28.9 Å². The number of rotatable bonds is 2. The molecule has 2 N–H and O–H groups in total. The average molecular weight is 276 g/mol. The Balaban J connectivity index is 1.55. The van der Waals surface area contributed by atoms with Crippen LogP contribution in [0.4, 0.5) is 0 Å². The Bertz CT molecular complexity index is 594. The summed E-state index contributed by atoms with van der Waals surface area (Å²) in [6.45, 7) is 5.92. The van der Waals surface area contributed by atoms with E-state index < -0.39 is 0 Å². The van der Waals surface area contributed by atoms with Gasteiger partial charge in [0, 0.05) is 41.8 Å². The number of nitrogens with one attached hydrogen (secondary N) is 2. The fourth-order valence-corrected chi connectivity index (χ4v) is 3.78. The van der Waals surface area contributed by atoms with Crippen molar-refractivity contribution < 1.29 is 0 Å². The zero-order chi connectivity index (χ0) is 12.8. The molecule has 2 aliphatic heterocycles. The summed E-state index contributed by atoms with van der Waals surface area (Å²) in [6, 6.07) is 6.11. The topological polar surface area (TPSA) is 31.1 Å². The van der Waals surface area contributed by atoms with Crippen molar-refractivity contribution in [1.29, 1.82) is 0 Å². The Hall–Kier alpha value is -1.03. The van der Waals surface area contributed by atoms with Gasteiger partial charge in [0.2, 0.25) is 0 Å². The van der Waals surface area contributed by atoms with Gasteiger partial charge in [0.25, 0.3) is 0 Å². The maximum atomic E-state index is 6.03. The number of likely N-dealkylation sites (tertiary alicyclic amines) is 1. The maximum Gasteiger partial charge on any atom is 0.0472 e. The van der Waals surface area contributed by atoms with Crippen LogP contribution in [0.5, 0.6) is 0 Å². The number of H-pyrrole nitrogens is 1. The van der Waals surface area contributed by atoms with Gasteiger partial charge in [-0.25, -0.2) is 0 Å². The van der Waals surface area contributed by atoms with Crippen molar-refractivity contribution in [2.45, 2.75) is 6.54 Å². The predicted octanol–water partition coefficient (Wildman–Crippen LogP) is 2.47. The molecule has 4 rings (SSSR count). The van der Waals surface area contributed by atoms with E-state index in [4.69, 9.17) is 11.6 Å². The minimum atomic E-state index is 0.794. The quantitative estimate of drug-likeness (QED) is 0.882. The van der Waals surface area contributed by atoms with Gasteiger partial charge < -0.3 is 10.3 Å².